The summed E-state index contributed by atoms with van der Waals surface area (Å²) in [6, 6.07) is 18.8. The number of ketones is 1. The quantitative estimate of drug-likeness (QED) is 0.234. The maximum absolute atomic E-state index is 14.7. The minimum Gasteiger partial charge on any atom is -0.405 e. The van der Waals surface area contributed by atoms with E-state index in [9.17, 15) is 27.2 Å². The number of carbonyl (C=O) groups excluding carboxylic acids is 2. The van der Waals surface area contributed by atoms with Gasteiger partial charge in [-0.25, -0.2) is 4.39 Å². The zero-order chi connectivity index (χ0) is 30.7. The Balaban J connectivity index is 0.00000506. The van der Waals surface area contributed by atoms with E-state index in [0.717, 1.165) is 17.7 Å². The third-order valence-corrected chi connectivity index (χ3v) is 7.25. The van der Waals surface area contributed by atoms with E-state index in [1.807, 2.05) is 36.4 Å². The first kappa shape index (κ1) is 33.6. The van der Waals surface area contributed by atoms with Gasteiger partial charge < -0.3 is 15.0 Å². The van der Waals surface area contributed by atoms with Crippen LogP contribution in [-0.4, -0.2) is 42.1 Å². The number of likely N-dealkylation sites (tertiary alicyclic amines) is 1. The number of carbonyl (C=O) groups is 2. The van der Waals surface area contributed by atoms with Crippen molar-refractivity contribution in [2.45, 2.75) is 52.1 Å². The van der Waals surface area contributed by atoms with E-state index >= 15 is 0 Å². The largest absolute Gasteiger partial charge is 0.573 e. The number of alkyl halides is 3. The Bertz CT molecular complexity index is 1500. The second-order valence-electron chi connectivity index (χ2n) is 11.3. The average molecular weight is 618 g/mol. The molecule has 1 aliphatic rings. The van der Waals surface area contributed by atoms with Crippen molar-refractivity contribution < 1.29 is 31.9 Å². The number of nitrogens with zero attached hydrogens (tertiary/aromatic N) is 2. The number of piperidine rings is 1. The smallest absolute Gasteiger partial charge is 0.405 e. The van der Waals surface area contributed by atoms with Crippen molar-refractivity contribution in [3.05, 3.63) is 89.2 Å². The van der Waals surface area contributed by atoms with Gasteiger partial charge in [-0.1, -0.05) is 63.2 Å². The van der Waals surface area contributed by atoms with Crippen LogP contribution in [0.25, 0.3) is 11.1 Å². The first-order valence-electron chi connectivity index (χ1n) is 13.5. The van der Waals surface area contributed by atoms with Crippen LogP contribution >= 0.6 is 12.4 Å². The maximum Gasteiger partial charge on any atom is 0.573 e. The first-order valence-corrected chi connectivity index (χ1v) is 13.5. The molecule has 1 saturated heterocycles. The van der Waals surface area contributed by atoms with Gasteiger partial charge >= 0.3 is 6.36 Å². The molecule has 228 valence electrons. The summed E-state index contributed by atoms with van der Waals surface area (Å²) >= 11 is 0. The average Bonchev–Trinajstić information content (AvgIpc) is 2.95. The van der Waals surface area contributed by atoms with Crippen LogP contribution in [-0.2, 0) is 16.1 Å². The molecule has 4 rings (SSSR count). The van der Waals surface area contributed by atoms with Crippen molar-refractivity contribution in [2.24, 2.45) is 5.41 Å². The van der Waals surface area contributed by atoms with Crippen LogP contribution in [0.3, 0.4) is 0 Å². The van der Waals surface area contributed by atoms with E-state index in [1.54, 1.807) is 20.8 Å². The van der Waals surface area contributed by atoms with Gasteiger partial charge in [0.1, 0.15) is 11.6 Å². The van der Waals surface area contributed by atoms with Gasteiger partial charge in [0.15, 0.2) is 0 Å². The van der Waals surface area contributed by atoms with Gasteiger partial charge in [0.25, 0.3) is 5.91 Å². The lowest BCUT2D eigenvalue weighted by atomic mass is 9.84. The van der Waals surface area contributed by atoms with E-state index < -0.39 is 35.0 Å². The van der Waals surface area contributed by atoms with Gasteiger partial charge in [-0.15, -0.1) is 25.6 Å². The molecule has 0 aromatic heterocycles. The minimum atomic E-state index is -4.94. The molecule has 1 fully saturated rings. The summed E-state index contributed by atoms with van der Waals surface area (Å²) in [5, 5.41) is 12.4. The van der Waals surface area contributed by atoms with Gasteiger partial charge in [0, 0.05) is 48.1 Å². The molecule has 6 nitrogen and oxygen atoms in total. The monoisotopic (exact) mass is 617 g/mol. The molecule has 0 spiro atoms. The highest BCUT2D eigenvalue weighted by atomic mass is 35.5. The standard InChI is InChI=1S/C32H31F4N3O3.ClH/c1-31(2,3)29(40)30(41)39-14-13-27(25(19-39)21-7-5-4-6-8-21)38-18-23-16-22(10-12-28(23)42-32(34,35)36)24-11-9-20(17-37)15-26(24)33;/h4-12,15-16,25,27,38H,13-14,18-19H2,1-3H3;1H/t25-,27-;/m0./s1. The van der Waals surface area contributed by atoms with E-state index in [-0.39, 0.29) is 54.1 Å². The predicted octanol–water partition coefficient (Wildman–Crippen LogP) is 6.77. The number of nitrogens with one attached hydrogen (secondary N) is 1. The summed E-state index contributed by atoms with van der Waals surface area (Å²) in [6.07, 6.45) is -4.49. The Morgan fingerprint density at radius 2 is 1.74 bits per heavy atom. The van der Waals surface area contributed by atoms with Crippen molar-refractivity contribution in [1.82, 2.24) is 10.2 Å². The molecule has 0 unspecified atom stereocenters. The van der Waals surface area contributed by atoms with Gasteiger partial charge in [-0.05, 0) is 41.8 Å². The van der Waals surface area contributed by atoms with Crippen molar-refractivity contribution >= 4 is 24.1 Å². The molecule has 0 saturated carbocycles. The SMILES string of the molecule is CC(C)(C)C(=O)C(=O)N1CC[C@H](NCc2cc(-c3ccc(C#N)cc3F)ccc2OC(F)(F)F)[C@H](c2ccccc2)C1.Cl. The Labute approximate surface area is 254 Å². The van der Waals surface area contributed by atoms with Crippen LogP contribution in [0.1, 0.15) is 49.8 Å². The summed E-state index contributed by atoms with van der Waals surface area (Å²) in [5.74, 6) is -2.39. The molecule has 3 aromatic carbocycles. The Kier molecular flexibility index (Phi) is 10.6. The Hall–Kier alpha value is -3.94. The minimum absolute atomic E-state index is 0. The number of Topliss-reactive ketones (excluding diaryl/α,β-unsaturated/α-hetero) is 1. The van der Waals surface area contributed by atoms with Crippen LogP contribution in [0, 0.1) is 22.6 Å². The molecule has 0 radical (unpaired) electrons. The van der Waals surface area contributed by atoms with Crippen molar-refractivity contribution in [1.29, 1.82) is 5.26 Å². The number of rotatable bonds is 7. The Morgan fingerprint density at radius 1 is 1.05 bits per heavy atom. The highest BCUT2D eigenvalue weighted by Gasteiger charge is 2.38. The number of hydrogen-bond donors (Lipinski definition) is 1. The number of amides is 1. The third-order valence-electron chi connectivity index (χ3n) is 7.25. The van der Waals surface area contributed by atoms with E-state index in [0.29, 0.717) is 18.5 Å². The fourth-order valence-corrected chi connectivity index (χ4v) is 5.05. The van der Waals surface area contributed by atoms with Gasteiger partial charge in [0.2, 0.25) is 5.78 Å². The molecule has 11 heteroatoms. The van der Waals surface area contributed by atoms with Crippen LogP contribution in [0.4, 0.5) is 17.6 Å². The van der Waals surface area contributed by atoms with E-state index in [1.165, 1.54) is 29.2 Å². The maximum atomic E-state index is 14.7. The zero-order valence-corrected chi connectivity index (χ0v) is 24.7. The topological polar surface area (TPSA) is 82.4 Å². The molecule has 0 aliphatic carbocycles. The van der Waals surface area contributed by atoms with Gasteiger partial charge in [-0.3, -0.25) is 9.59 Å². The van der Waals surface area contributed by atoms with Crippen molar-refractivity contribution in [3.63, 3.8) is 0 Å². The Morgan fingerprint density at radius 3 is 2.35 bits per heavy atom. The van der Waals surface area contributed by atoms with Crippen LogP contribution in [0.2, 0.25) is 0 Å². The van der Waals surface area contributed by atoms with Crippen LogP contribution in [0.15, 0.2) is 66.7 Å². The highest BCUT2D eigenvalue weighted by Crippen LogP contribution is 2.34. The summed E-state index contributed by atoms with van der Waals surface area (Å²) < 4.78 is 58.7. The van der Waals surface area contributed by atoms with Crippen LogP contribution < -0.4 is 10.1 Å². The normalized spacial score (nSPS) is 17.0. The summed E-state index contributed by atoms with van der Waals surface area (Å²) in [7, 11) is 0. The zero-order valence-electron chi connectivity index (χ0n) is 23.9. The number of nitriles is 1. The number of benzene rings is 3. The third kappa shape index (κ3) is 8.33. The highest BCUT2D eigenvalue weighted by molar-refractivity contribution is 6.37. The number of halogens is 5. The van der Waals surface area contributed by atoms with Gasteiger partial charge in [0.05, 0.1) is 11.6 Å². The number of hydrogen-bond acceptors (Lipinski definition) is 5. The van der Waals surface area contributed by atoms with Crippen molar-refractivity contribution in [3.8, 4) is 22.9 Å². The van der Waals surface area contributed by atoms with Gasteiger partial charge in [-0.2, -0.15) is 5.26 Å². The molecule has 1 amide bonds. The lowest BCUT2D eigenvalue weighted by Gasteiger charge is -2.40. The van der Waals surface area contributed by atoms with E-state index in [2.05, 4.69) is 10.1 Å². The second-order valence-corrected chi connectivity index (χ2v) is 11.3. The fraction of sp³-hybridized carbons (Fsp3) is 0.344. The first-order chi connectivity index (χ1) is 19.8. The molecule has 43 heavy (non-hydrogen) atoms. The van der Waals surface area contributed by atoms with Crippen molar-refractivity contribution in [2.75, 3.05) is 13.1 Å². The molecule has 1 N–H and O–H groups in total. The molecular formula is C32H32ClF4N3O3. The molecule has 1 heterocycles. The summed E-state index contributed by atoms with van der Waals surface area (Å²) in [5.41, 5.74) is 0.812. The molecule has 2 atom stereocenters. The van der Waals surface area contributed by atoms with E-state index in [4.69, 9.17) is 5.26 Å². The fourth-order valence-electron chi connectivity index (χ4n) is 5.05. The molecule has 0 bridgehead atoms. The number of ether oxygens (including phenoxy) is 1. The molecule has 1 aliphatic heterocycles. The molecular weight excluding hydrogens is 586 g/mol. The summed E-state index contributed by atoms with van der Waals surface area (Å²) in [6.45, 7) is 5.58. The predicted molar refractivity (Wildman–Crippen MR) is 156 cm³/mol. The lowest BCUT2D eigenvalue weighted by molar-refractivity contribution is -0.274. The lowest BCUT2D eigenvalue weighted by Crippen LogP contribution is -2.52. The second kappa shape index (κ2) is 13.6. The summed E-state index contributed by atoms with van der Waals surface area (Å²) in [4.78, 5) is 27.3. The molecule has 3 aromatic rings. The van der Waals surface area contributed by atoms with Crippen LogP contribution in [0.5, 0.6) is 5.75 Å².